The van der Waals surface area contributed by atoms with Gasteiger partial charge in [0.05, 0.1) is 5.60 Å². The SMILES string of the molecule is COC1(C(N)Cc2ccc(C)cc2Cl)CCCCC1. The summed E-state index contributed by atoms with van der Waals surface area (Å²) in [5.74, 6) is 0. The zero-order valence-corrected chi connectivity index (χ0v) is 12.7. The van der Waals surface area contributed by atoms with Gasteiger partial charge in [-0.2, -0.15) is 0 Å². The molecule has 1 atom stereocenters. The van der Waals surface area contributed by atoms with E-state index in [2.05, 4.69) is 12.1 Å². The van der Waals surface area contributed by atoms with Gasteiger partial charge in [0.15, 0.2) is 0 Å². The molecule has 19 heavy (non-hydrogen) atoms. The standard InChI is InChI=1S/C16H24ClNO/c1-12-6-7-13(14(17)10-12)11-15(18)16(19-2)8-4-3-5-9-16/h6-7,10,15H,3-5,8-9,11,18H2,1-2H3. The minimum absolute atomic E-state index is 0.0120. The molecule has 1 aromatic rings. The van der Waals surface area contributed by atoms with Crippen LogP contribution in [0.15, 0.2) is 18.2 Å². The number of benzene rings is 1. The summed E-state index contributed by atoms with van der Waals surface area (Å²) in [4.78, 5) is 0. The Morgan fingerprint density at radius 2 is 2.00 bits per heavy atom. The molecule has 0 heterocycles. The van der Waals surface area contributed by atoms with E-state index >= 15 is 0 Å². The molecule has 2 rings (SSSR count). The lowest BCUT2D eigenvalue weighted by Gasteiger charge is -2.41. The summed E-state index contributed by atoms with van der Waals surface area (Å²) in [5, 5.41) is 0.817. The van der Waals surface area contributed by atoms with Gasteiger partial charge in [-0.1, -0.05) is 43.0 Å². The maximum Gasteiger partial charge on any atom is 0.0832 e. The van der Waals surface area contributed by atoms with Gasteiger partial charge in [0.1, 0.15) is 0 Å². The molecule has 1 aliphatic rings. The van der Waals surface area contributed by atoms with Crippen molar-refractivity contribution in [3.05, 3.63) is 34.3 Å². The number of aryl methyl sites for hydroxylation is 1. The van der Waals surface area contributed by atoms with Crippen LogP contribution >= 0.6 is 11.6 Å². The number of methoxy groups -OCH3 is 1. The van der Waals surface area contributed by atoms with E-state index in [1.807, 2.05) is 13.0 Å². The zero-order valence-electron chi connectivity index (χ0n) is 11.9. The van der Waals surface area contributed by atoms with E-state index in [1.54, 1.807) is 7.11 Å². The quantitative estimate of drug-likeness (QED) is 0.909. The summed E-state index contributed by atoms with van der Waals surface area (Å²) in [6, 6.07) is 6.19. The van der Waals surface area contributed by atoms with Gasteiger partial charge in [0.25, 0.3) is 0 Å². The van der Waals surface area contributed by atoms with Crippen LogP contribution in [0.3, 0.4) is 0 Å². The van der Waals surface area contributed by atoms with Gasteiger partial charge >= 0.3 is 0 Å². The average molecular weight is 282 g/mol. The third kappa shape index (κ3) is 3.31. The molecule has 0 spiro atoms. The summed E-state index contributed by atoms with van der Waals surface area (Å²) in [6.07, 6.45) is 6.63. The van der Waals surface area contributed by atoms with Crippen LogP contribution in [0.2, 0.25) is 5.02 Å². The molecule has 0 saturated heterocycles. The first-order valence-electron chi connectivity index (χ1n) is 7.13. The number of halogens is 1. The minimum atomic E-state index is -0.160. The van der Waals surface area contributed by atoms with Crippen molar-refractivity contribution in [2.75, 3.05) is 7.11 Å². The fourth-order valence-corrected chi connectivity index (χ4v) is 3.43. The van der Waals surface area contributed by atoms with Crippen LogP contribution < -0.4 is 5.73 Å². The molecule has 1 aliphatic carbocycles. The number of hydrogen-bond donors (Lipinski definition) is 1. The number of nitrogens with two attached hydrogens (primary N) is 1. The van der Waals surface area contributed by atoms with Crippen LogP contribution in [0.25, 0.3) is 0 Å². The Labute approximate surface area is 121 Å². The van der Waals surface area contributed by atoms with Crippen molar-refractivity contribution in [1.29, 1.82) is 0 Å². The van der Waals surface area contributed by atoms with E-state index < -0.39 is 0 Å². The second-order valence-corrected chi connectivity index (χ2v) is 6.14. The number of rotatable bonds is 4. The summed E-state index contributed by atoms with van der Waals surface area (Å²) >= 11 is 6.30. The number of ether oxygens (including phenoxy) is 1. The molecule has 0 amide bonds. The van der Waals surface area contributed by atoms with Crippen LogP contribution in [0, 0.1) is 6.92 Å². The van der Waals surface area contributed by atoms with Gasteiger partial charge < -0.3 is 10.5 Å². The van der Waals surface area contributed by atoms with Gasteiger partial charge in [-0.15, -0.1) is 0 Å². The first-order chi connectivity index (χ1) is 9.07. The molecule has 106 valence electrons. The lowest BCUT2D eigenvalue weighted by atomic mass is 9.77. The van der Waals surface area contributed by atoms with Crippen LogP contribution in [0.1, 0.15) is 43.2 Å². The lowest BCUT2D eigenvalue weighted by Crippen LogP contribution is -2.51. The van der Waals surface area contributed by atoms with Crippen LogP contribution in [-0.4, -0.2) is 18.8 Å². The Kier molecular flexibility index (Phi) is 4.88. The Morgan fingerprint density at radius 1 is 1.32 bits per heavy atom. The van der Waals surface area contributed by atoms with Gasteiger partial charge in [0, 0.05) is 18.2 Å². The van der Waals surface area contributed by atoms with Crippen molar-refractivity contribution >= 4 is 11.6 Å². The van der Waals surface area contributed by atoms with Crippen molar-refractivity contribution in [1.82, 2.24) is 0 Å². The Morgan fingerprint density at radius 3 is 2.58 bits per heavy atom. The second-order valence-electron chi connectivity index (χ2n) is 5.74. The molecular weight excluding hydrogens is 258 g/mol. The fraction of sp³-hybridized carbons (Fsp3) is 0.625. The molecule has 1 aromatic carbocycles. The predicted octanol–water partition coefficient (Wildman–Crippen LogP) is 3.87. The van der Waals surface area contributed by atoms with Crippen LogP contribution in [0.5, 0.6) is 0 Å². The highest BCUT2D eigenvalue weighted by Gasteiger charge is 2.38. The van der Waals surface area contributed by atoms with E-state index in [4.69, 9.17) is 22.1 Å². The molecule has 1 unspecified atom stereocenters. The average Bonchev–Trinajstić information content (AvgIpc) is 2.42. The molecule has 3 heteroatoms. The third-order valence-electron chi connectivity index (χ3n) is 4.43. The highest BCUT2D eigenvalue weighted by Crippen LogP contribution is 2.35. The first kappa shape index (κ1) is 14.8. The molecule has 0 radical (unpaired) electrons. The lowest BCUT2D eigenvalue weighted by molar-refractivity contribution is -0.0582. The summed E-state index contributed by atoms with van der Waals surface area (Å²) in [5.41, 5.74) is 8.60. The maximum atomic E-state index is 6.45. The van der Waals surface area contributed by atoms with Crippen molar-refractivity contribution < 1.29 is 4.74 Å². The normalized spacial score (nSPS) is 20.2. The Bertz CT molecular complexity index is 427. The van der Waals surface area contributed by atoms with Crippen molar-refractivity contribution in [2.45, 2.75) is 57.1 Å². The van der Waals surface area contributed by atoms with Crippen LogP contribution in [0.4, 0.5) is 0 Å². The van der Waals surface area contributed by atoms with Gasteiger partial charge in [-0.25, -0.2) is 0 Å². The van der Waals surface area contributed by atoms with E-state index in [0.717, 1.165) is 29.8 Å². The first-order valence-corrected chi connectivity index (χ1v) is 7.51. The zero-order chi connectivity index (χ0) is 13.9. The molecule has 1 saturated carbocycles. The molecule has 0 bridgehead atoms. The van der Waals surface area contributed by atoms with Gasteiger partial charge in [-0.3, -0.25) is 0 Å². The Hall–Kier alpha value is -0.570. The molecular formula is C16H24ClNO. The monoisotopic (exact) mass is 281 g/mol. The van der Waals surface area contributed by atoms with E-state index in [0.29, 0.717) is 0 Å². The molecule has 0 aromatic heterocycles. The Balaban J connectivity index is 2.12. The fourth-order valence-electron chi connectivity index (χ4n) is 3.12. The van der Waals surface area contributed by atoms with Crippen molar-refractivity contribution in [2.24, 2.45) is 5.73 Å². The third-order valence-corrected chi connectivity index (χ3v) is 4.78. The summed E-state index contributed by atoms with van der Waals surface area (Å²) in [7, 11) is 1.79. The highest BCUT2D eigenvalue weighted by molar-refractivity contribution is 6.31. The predicted molar refractivity (Wildman–Crippen MR) is 80.7 cm³/mol. The molecule has 1 fully saturated rings. The highest BCUT2D eigenvalue weighted by atomic mass is 35.5. The minimum Gasteiger partial charge on any atom is -0.377 e. The second kappa shape index (κ2) is 6.25. The van der Waals surface area contributed by atoms with E-state index in [9.17, 15) is 0 Å². The van der Waals surface area contributed by atoms with Gasteiger partial charge in [0.2, 0.25) is 0 Å². The largest absolute Gasteiger partial charge is 0.377 e. The van der Waals surface area contributed by atoms with E-state index in [1.165, 1.54) is 24.8 Å². The molecule has 2 nitrogen and oxygen atoms in total. The topological polar surface area (TPSA) is 35.2 Å². The van der Waals surface area contributed by atoms with Crippen LogP contribution in [-0.2, 0) is 11.2 Å². The smallest absolute Gasteiger partial charge is 0.0832 e. The van der Waals surface area contributed by atoms with E-state index in [-0.39, 0.29) is 11.6 Å². The van der Waals surface area contributed by atoms with Gasteiger partial charge in [-0.05, 0) is 43.4 Å². The van der Waals surface area contributed by atoms with Crippen molar-refractivity contribution in [3.63, 3.8) is 0 Å². The molecule has 0 aliphatic heterocycles. The summed E-state index contributed by atoms with van der Waals surface area (Å²) < 4.78 is 5.81. The maximum absolute atomic E-state index is 6.45. The molecule has 2 N–H and O–H groups in total. The van der Waals surface area contributed by atoms with Crippen molar-refractivity contribution in [3.8, 4) is 0 Å². The summed E-state index contributed by atoms with van der Waals surface area (Å²) in [6.45, 7) is 2.05. The number of hydrogen-bond acceptors (Lipinski definition) is 2.